The minimum Gasteiger partial charge on any atom is -0.472 e. The van der Waals surface area contributed by atoms with Gasteiger partial charge in [-0.1, -0.05) is 0 Å². The van der Waals surface area contributed by atoms with Crippen LogP contribution in [0, 0.1) is 0 Å². The Labute approximate surface area is 94.8 Å². The number of nitrogens with zero attached hydrogens (tertiary/aromatic N) is 2. The lowest BCUT2D eigenvalue weighted by Gasteiger charge is -2.20. The summed E-state index contributed by atoms with van der Waals surface area (Å²) in [6.07, 6.45) is 2.39. The minimum atomic E-state index is -0.251. The van der Waals surface area contributed by atoms with Crippen LogP contribution in [-0.2, 0) is 0 Å². The van der Waals surface area contributed by atoms with E-state index >= 15 is 0 Å². The average molecular weight is 227 g/mol. The number of rotatable bonds is 2. The van der Waals surface area contributed by atoms with Crippen molar-refractivity contribution in [2.24, 2.45) is 0 Å². The molecule has 0 amide bonds. The van der Waals surface area contributed by atoms with E-state index in [1.165, 1.54) is 12.8 Å². The van der Waals surface area contributed by atoms with Crippen molar-refractivity contribution in [3.8, 4) is 5.88 Å². The quantitative estimate of drug-likeness (QED) is 0.727. The highest BCUT2D eigenvalue weighted by atomic mass is 35.5. The normalized spacial score (nSPS) is 16.5. The lowest BCUT2D eigenvalue weighted by molar-refractivity contribution is 0.123. The van der Waals surface area contributed by atoms with Crippen LogP contribution in [0.5, 0.6) is 5.88 Å². The summed E-state index contributed by atoms with van der Waals surface area (Å²) in [5.74, 6) is 1.14. The van der Waals surface area contributed by atoms with Crippen molar-refractivity contribution < 1.29 is 4.74 Å². The van der Waals surface area contributed by atoms with E-state index in [1.54, 1.807) is 0 Å². The van der Waals surface area contributed by atoms with E-state index in [4.69, 9.17) is 16.3 Å². The lowest BCUT2D eigenvalue weighted by Crippen LogP contribution is -2.23. The van der Waals surface area contributed by atoms with Crippen molar-refractivity contribution in [1.82, 2.24) is 9.97 Å². The molecule has 4 heteroatoms. The number of ether oxygens (including phenoxy) is 1. The molecular formula is C11H15ClN2O. The Hall–Kier alpha value is -0.830. The second kappa shape index (κ2) is 3.63. The molecule has 15 heavy (non-hydrogen) atoms. The van der Waals surface area contributed by atoms with Crippen LogP contribution >= 0.6 is 11.6 Å². The third-order valence-electron chi connectivity index (χ3n) is 2.10. The van der Waals surface area contributed by atoms with Crippen molar-refractivity contribution in [3.63, 3.8) is 0 Å². The topological polar surface area (TPSA) is 35.0 Å². The molecule has 82 valence electrons. The van der Waals surface area contributed by atoms with E-state index in [2.05, 4.69) is 9.97 Å². The highest BCUT2D eigenvalue weighted by Gasteiger charge is 2.26. The van der Waals surface area contributed by atoms with Crippen LogP contribution in [-0.4, -0.2) is 15.6 Å². The molecule has 3 nitrogen and oxygen atoms in total. The molecule has 1 aliphatic rings. The van der Waals surface area contributed by atoms with Gasteiger partial charge >= 0.3 is 0 Å². The Morgan fingerprint density at radius 2 is 2.00 bits per heavy atom. The van der Waals surface area contributed by atoms with Gasteiger partial charge in [0.2, 0.25) is 11.2 Å². The van der Waals surface area contributed by atoms with Crippen LogP contribution < -0.4 is 4.74 Å². The number of hydrogen-bond donors (Lipinski definition) is 0. The van der Waals surface area contributed by atoms with Crippen LogP contribution in [0.25, 0.3) is 0 Å². The molecule has 1 aromatic heterocycles. The highest BCUT2D eigenvalue weighted by Crippen LogP contribution is 2.40. The standard InChI is InChI=1S/C11H15ClN2O/c1-11(2,3)15-9-6-8(7-4-5-7)13-10(12)14-9/h6-7H,4-5H2,1-3H3. The van der Waals surface area contributed by atoms with E-state index in [0.717, 1.165) is 5.69 Å². The summed E-state index contributed by atoms with van der Waals surface area (Å²) in [4.78, 5) is 8.26. The van der Waals surface area contributed by atoms with Crippen LogP contribution in [0.2, 0.25) is 5.28 Å². The van der Waals surface area contributed by atoms with Crippen molar-refractivity contribution in [2.45, 2.75) is 45.1 Å². The molecule has 0 saturated heterocycles. The molecule has 0 radical (unpaired) electrons. The maximum absolute atomic E-state index is 5.85. The summed E-state index contributed by atoms with van der Waals surface area (Å²) in [5, 5.41) is 0.277. The zero-order valence-corrected chi connectivity index (χ0v) is 10.0. The summed E-state index contributed by atoms with van der Waals surface area (Å²) in [7, 11) is 0. The second-order valence-electron chi connectivity index (χ2n) is 4.89. The number of halogens is 1. The van der Waals surface area contributed by atoms with Gasteiger partial charge in [-0.05, 0) is 45.2 Å². The van der Waals surface area contributed by atoms with E-state index in [0.29, 0.717) is 11.8 Å². The predicted octanol–water partition coefficient (Wildman–Crippen LogP) is 3.18. The first-order valence-corrected chi connectivity index (χ1v) is 5.55. The van der Waals surface area contributed by atoms with Gasteiger partial charge in [0.15, 0.2) is 0 Å². The first kappa shape index (κ1) is 10.7. The smallest absolute Gasteiger partial charge is 0.225 e. The van der Waals surface area contributed by atoms with Crippen molar-refractivity contribution in [2.75, 3.05) is 0 Å². The average Bonchev–Trinajstić information content (AvgIpc) is 2.80. The van der Waals surface area contributed by atoms with Crippen LogP contribution in [0.15, 0.2) is 6.07 Å². The number of hydrogen-bond acceptors (Lipinski definition) is 3. The summed E-state index contributed by atoms with van der Waals surface area (Å²) < 4.78 is 5.67. The molecule has 2 rings (SSSR count). The molecule has 1 aromatic rings. The van der Waals surface area contributed by atoms with Gasteiger partial charge in [-0.25, -0.2) is 4.98 Å². The Kier molecular flexibility index (Phi) is 2.59. The Morgan fingerprint density at radius 1 is 1.33 bits per heavy atom. The minimum absolute atomic E-state index is 0.251. The number of aromatic nitrogens is 2. The molecule has 0 atom stereocenters. The van der Waals surface area contributed by atoms with Crippen LogP contribution in [0.3, 0.4) is 0 Å². The largest absolute Gasteiger partial charge is 0.472 e. The molecule has 1 saturated carbocycles. The first-order valence-electron chi connectivity index (χ1n) is 5.17. The lowest BCUT2D eigenvalue weighted by atomic mass is 10.2. The molecule has 0 spiro atoms. The van der Waals surface area contributed by atoms with Crippen LogP contribution in [0.4, 0.5) is 0 Å². The van der Waals surface area contributed by atoms with E-state index in [1.807, 2.05) is 26.8 Å². The van der Waals surface area contributed by atoms with Gasteiger partial charge in [0.05, 0.1) is 5.69 Å². The maximum atomic E-state index is 5.85. The zero-order valence-electron chi connectivity index (χ0n) is 9.25. The molecule has 0 aliphatic heterocycles. The molecule has 0 N–H and O–H groups in total. The summed E-state index contributed by atoms with van der Waals surface area (Å²) in [6.45, 7) is 5.96. The Morgan fingerprint density at radius 3 is 2.53 bits per heavy atom. The van der Waals surface area contributed by atoms with Gasteiger partial charge in [-0.3, -0.25) is 0 Å². The molecule has 1 heterocycles. The highest BCUT2D eigenvalue weighted by molar-refractivity contribution is 6.28. The zero-order chi connectivity index (χ0) is 11.1. The summed E-state index contributed by atoms with van der Waals surface area (Å²) >= 11 is 5.85. The molecule has 0 bridgehead atoms. The second-order valence-corrected chi connectivity index (χ2v) is 5.23. The molecule has 0 aromatic carbocycles. The fourth-order valence-corrected chi connectivity index (χ4v) is 1.55. The van der Waals surface area contributed by atoms with Crippen LogP contribution in [0.1, 0.15) is 45.2 Å². The van der Waals surface area contributed by atoms with Crippen molar-refractivity contribution >= 4 is 11.6 Å². The molecule has 1 fully saturated rings. The van der Waals surface area contributed by atoms with E-state index < -0.39 is 0 Å². The first-order chi connectivity index (χ1) is 6.94. The van der Waals surface area contributed by atoms with E-state index in [9.17, 15) is 0 Å². The van der Waals surface area contributed by atoms with Crippen molar-refractivity contribution in [3.05, 3.63) is 17.0 Å². The van der Waals surface area contributed by atoms with Gasteiger partial charge in [-0.2, -0.15) is 4.98 Å². The molecule has 0 unspecified atom stereocenters. The van der Waals surface area contributed by atoms with Gasteiger partial charge < -0.3 is 4.74 Å². The van der Waals surface area contributed by atoms with Crippen molar-refractivity contribution in [1.29, 1.82) is 0 Å². The maximum Gasteiger partial charge on any atom is 0.225 e. The van der Waals surface area contributed by atoms with Gasteiger partial charge in [-0.15, -0.1) is 0 Å². The summed E-state index contributed by atoms with van der Waals surface area (Å²) in [5.41, 5.74) is 0.757. The monoisotopic (exact) mass is 226 g/mol. The predicted molar refractivity (Wildman–Crippen MR) is 59.4 cm³/mol. The molecule has 1 aliphatic carbocycles. The third kappa shape index (κ3) is 3.06. The Bertz CT molecular complexity index is 369. The summed E-state index contributed by atoms with van der Waals surface area (Å²) in [6, 6.07) is 1.90. The third-order valence-corrected chi connectivity index (χ3v) is 2.27. The van der Waals surface area contributed by atoms with Gasteiger partial charge in [0, 0.05) is 12.0 Å². The SMILES string of the molecule is CC(C)(C)Oc1cc(C2CC2)nc(Cl)n1. The Balaban J connectivity index is 2.23. The fraction of sp³-hybridized carbons (Fsp3) is 0.636. The van der Waals surface area contributed by atoms with Gasteiger partial charge in [0.1, 0.15) is 5.60 Å². The van der Waals surface area contributed by atoms with Gasteiger partial charge in [0.25, 0.3) is 0 Å². The van der Waals surface area contributed by atoms with E-state index in [-0.39, 0.29) is 10.9 Å². The fourth-order valence-electron chi connectivity index (χ4n) is 1.37. The molecular weight excluding hydrogens is 212 g/mol.